The minimum absolute atomic E-state index is 0.201. The number of hydrogen-bond acceptors (Lipinski definition) is 1. The summed E-state index contributed by atoms with van der Waals surface area (Å²) in [6.45, 7) is 17.1. The Balaban J connectivity index is 4.50. The van der Waals surface area contributed by atoms with Crippen molar-refractivity contribution in [2.45, 2.75) is 52.2 Å². The summed E-state index contributed by atoms with van der Waals surface area (Å²) in [5.74, 6) is 0. The Kier molecular flexibility index (Phi) is 4.98. The molecule has 0 unspecified atom stereocenters. The van der Waals surface area contributed by atoms with Gasteiger partial charge in [0.1, 0.15) is 26.2 Å². The van der Waals surface area contributed by atoms with E-state index in [-0.39, 0.29) is 17.9 Å². The lowest BCUT2D eigenvalue weighted by atomic mass is 11.0. The topological polar surface area (TPSA) is 3.24 Å². The predicted molar refractivity (Wildman–Crippen MR) is 64.8 cm³/mol. The zero-order valence-corrected chi connectivity index (χ0v) is 12.7. The van der Waals surface area contributed by atoms with Gasteiger partial charge in [-0.2, -0.15) is 0 Å². The second kappa shape index (κ2) is 4.74. The molecule has 0 aromatic carbocycles. The van der Waals surface area contributed by atoms with E-state index in [9.17, 15) is 0 Å². The highest BCUT2D eigenvalue weighted by Crippen LogP contribution is 2.18. The Bertz CT molecular complexity index is 126. The van der Waals surface area contributed by atoms with E-state index in [0.717, 1.165) is 0 Å². The molecule has 0 atom stereocenters. The maximum absolute atomic E-state index is 2.92. The Morgan fingerprint density at radius 1 is 1.00 bits per heavy atom. The molecular formula is C8H23NSi3. The third-order valence-corrected chi connectivity index (χ3v) is 16.1. The van der Waals surface area contributed by atoms with Crippen molar-refractivity contribution in [1.82, 2.24) is 3.90 Å². The molecule has 0 aliphatic carbocycles. The molecule has 0 N–H and O–H groups in total. The van der Waals surface area contributed by atoms with E-state index in [0.29, 0.717) is 0 Å². The highest BCUT2D eigenvalue weighted by molar-refractivity contribution is 6.93. The third-order valence-electron chi connectivity index (χ3n) is 2.36. The van der Waals surface area contributed by atoms with Crippen LogP contribution in [0.1, 0.15) is 6.92 Å². The van der Waals surface area contributed by atoms with E-state index >= 15 is 0 Å². The van der Waals surface area contributed by atoms with Crippen LogP contribution in [0.5, 0.6) is 0 Å². The van der Waals surface area contributed by atoms with Crippen LogP contribution in [0, 0.1) is 0 Å². The molecule has 0 aromatic heterocycles. The first-order valence-corrected chi connectivity index (χ1v) is 12.8. The van der Waals surface area contributed by atoms with Gasteiger partial charge in [0.25, 0.3) is 0 Å². The van der Waals surface area contributed by atoms with Crippen LogP contribution in [0.3, 0.4) is 0 Å². The summed E-state index contributed by atoms with van der Waals surface area (Å²) in [5, 5.41) is 0. The summed E-state index contributed by atoms with van der Waals surface area (Å²) in [5.41, 5.74) is 0. The largest absolute Gasteiger partial charge is 0.370 e. The Hall–Kier alpha value is 0.611. The van der Waals surface area contributed by atoms with Gasteiger partial charge in [-0.25, -0.2) is 0 Å². The van der Waals surface area contributed by atoms with Crippen LogP contribution in [0.2, 0.25) is 45.3 Å². The van der Waals surface area contributed by atoms with Crippen LogP contribution in [0.25, 0.3) is 0 Å². The van der Waals surface area contributed by atoms with Crippen molar-refractivity contribution >= 4 is 26.2 Å². The molecule has 72 valence electrons. The number of nitrogens with zero attached hydrogens (tertiary/aromatic N) is 1. The predicted octanol–water partition coefficient (Wildman–Crippen LogP) is 3.02. The van der Waals surface area contributed by atoms with E-state index in [2.05, 4.69) is 50.1 Å². The summed E-state index contributed by atoms with van der Waals surface area (Å²) in [4.78, 5) is 0. The fraction of sp³-hybridized carbons (Fsp3) is 1.00. The molecule has 0 heterocycles. The van der Waals surface area contributed by atoms with Gasteiger partial charge in [0.2, 0.25) is 0 Å². The van der Waals surface area contributed by atoms with Crippen molar-refractivity contribution in [2.24, 2.45) is 0 Å². The summed E-state index contributed by atoms with van der Waals surface area (Å²) in [6.07, 6.45) is 0. The molecule has 0 spiro atoms. The molecule has 1 nitrogen and oxygen atoms in total. The average molecular weight is 218 g/mol. The van der Waals surface area contributed by atoms with Gasteiger partial charge in [0.15, 0.2) is 0 Å². The Labute approximate surface area is 82.6 Å². The third kappa shape index (κ3) is 3.16. The van der Waals surface area contributed by atoms with E-state index in [1.807, 2.05) is 0 Å². The normalized spacial score (nSPS) is 13.5. The quantitative estimate of drug-likeness (QED) is 0.655. The second-order valence-corrected chi connectivity index (χ2v) is 15.2. The van der Waals surface area contributed by atoms with Crippen molar-refractivity contribution in [3.63, 3.8) is 0 Å². The van der Waals surface area contributed by atoms with Gasteiger partial charge < -0.3 is 3.90 Å². The zero-order chi connectivity index (χ0) is 9.94. The molecule has 0 aliphatic heterocycles. The zero-order valence-electron chi connectivity index (χ0n) is 9.65. The standard InChI is InChI=1S/C8H23NSi3/c1-8-12(6,7)9(10(2)3)11(4)5/h8H2,1-7H3. The molecule has 0 amide bonds. The molecule has 4 heteroatoms. The lowest BCUT2D eigenvalue weighted by molar-refractivity contribution is 0.938. The fourth-order valence-electron chi connectivity index (χ4n) is 1.82. The SMILES string of the molecule is CC[Si](C)(C)N([Si](C)C)[Si](C)C. The molecule has 2 radical (unpaired) electrons. The Morgan fingerprint density at radius 3 is 1.42 bits per heavy atom. The number of hydrogen-bond donors (Lipinski definition) is 0. The van der Waals surface area contributed by atoms with Crippen LogP contribution < -0.4 is 0 Å². The first-order valence-electron chi connectivity index (χ1n) is 4.73. The van der Waals surface area contributed by atoms with Crippen LogP contribution in [-0.2, 0) is 0 Å². The summed E-state index contributed by atoms with van der Waals surface area (Å²) in [6, 6.07) is 1.40. The highest BCUT2D eigenvalue weighted by Gasteiger charge is 2.31. The van der Waals surface area contributed by atoms with Crippen molar-refractivity contribution in [3.8, 4) is 0 Å². The molecule has 0 aliphatic rings. The highest BCUT2D eigenvalue weighted by atomic mass is 28.4. The maximum atomic E-state index is 2.92. The van der Waals surface area contributed by atoms with Crippen LogP contribution >= 0.6 is 0 Å². The maximum Gasteiger partial charge on any atom is 0.115 e. The average Bonchev–Trinajstić information content (AvgIpc) is 1.84. The van der Waals surface area contributed by atoms with Crippen LogP contribution in [-0.4, -0.2) is 30.0 Å². The Morgan fingerprint density at radius 2 is 1.33 bits per heavy atom. The lowest BCUT2D eigenvalue weighted by Crippen LogP contribution is -2.58. The summed E-state index contributed by atoms with van der Waals surface area (Å²) in [7, 11) is -1.41. The molecule has 0 saturated heterocycles. The molecule has 0 fully saturated rings. The monoisotopic (exact) mass is 217 g/mol. The molecule has 0 bridgehead atoms. The molecule has 0 saturated carbocycles. The van der Waals surface area contributed by atoms with Crippen LogP contribution in [0.15, 0.2) is 0 Å². The van der Waals surface area contributed by atoms with E-state index in [1.165, 1.54) is 6.04 Å². The lowest BCUT2D eigenvalue weighted by Gasteiger charge is -2.42. The molecule has 0 aromatic rings. The summed E-state index contributed by atoms with van der Waals surface area (Å²) < 4.78 is 2.92. The minimum atomic E-state index is -1.01. The number of rotatable bonds is 4. The fourth-order valence-corrected chi connectivity index (χ4v) is 16.3. The molecule has 12 heavy (non-hydrogen) atoms. The van der Waals surface area contributed by atoms with Crippen molar-refractivity contribution in [3.05, 3.63) is 0 Å². The minimum Gasteiger partial charge on any atom is -0.370 e. The van der Waals surface area contributed by atoms with Crippen molar-refractivity contribution < 1.29 is 0 Å². The first kappa shape index (κ1) is 12.6. The van der Waals surface area contributed by atoms with Gasteiger partial charge in [-0.3, -0.25) is 0 Å². The van der Waals surface area contributed by atoms with E-state index in [4.69, 9.17) is 0 Å². The van der Waals surface area contributed by atoms with Gasteiger partial charge in [-0.15, -0.1) is 0 Å². The molecular weight excluding hydrogens is 194 g/mol. The first-order chi connectivity index (χ1) is 5.33. The van der Waals surface area contributed by atoms with Crippen LogP contribution in [0.4, 0.5) is 0 Å². The van der Waals surface area contributed by atoms with Gasteiger partial charge in [-0.1, -0.05) is 46.2 Å². The van der Waals surface area contributed by atoms with Crippen molar-refractivity contribution in [1.29, 1.82) is 0 Å². The van der Waals surface area contributed by atoms with Gasteiger partial charge in [-0.05, 0) is 6.04 Å². The van der Waals surface area contributed by atoms with E-state index < -0.39 is 8.24 Å². The van der Waals surface area contributed by atoms with Gasteiger partial charge in [0, 0.05) is 0 Å². The van der Waals surface area contributed by atoms with E-state index in [1.54, 1.807) is 0 Å². The van der Waals surface area contributed by atoms with Crippen molar-refractivity contribution in [2.75, 3.05) is 0 Å². The van der Waals surface area contributed by atoms with Gasteiger partial charge in [0.05, 0.1) is 0 Å². The summed E-state index contributed by atoms with van der Waals surface area (Å²) >= 11 is 0. The smallest absolute Gasteiger partial charge is 0.115 e. The molecule has 0 rings (SSSR count). The van der Waals surface area contributed by atoms with Gasteiger partial charge >= 0.3 is 0 Å². The second-order valence-electron chi connectivity index (χ2n) is 4.40.